The van der Waals surface area contributed by atoms with E-state index in [1.807, 2.05) is 51.1 Å². The van der Waals surface area contributed by atoms with Gasteiger partial charge in [0.2, 0.25) is 0 Å². The van der Waals surface area contributed by atoms with Crippen LogP contribution in [0.15, 0.2) is 42.5 Å². The molecule has 2 aromatic carbocycles. The van der Waals surface area contributed by atoms with Crippen molar-refractivity contribution >= 4 is 45.7 Å². The minimum atomic E-state index is 0.442. The number of aryl methyl sites for hydroxylation is 3. The highest BCUT2D eigenvalue weighted by Gasteiger charge is 2.16. The fourth-order valence-corrected chi connectivity index (χ4v) is 3.29. The molecule has 4 rings (SSSR count). The lowest BCUT2D eigenvalue weighted by atomic mass is 10.2. The number of rotatable bonds is 3. The van der Waals surface area contributed by atoms with Crippen molar-refractivity contribution in [3.8, 4) is 5.82 Å². The van der Waals surface area contributed by atoms with E-state index < -0.39 is 0 Å². The van der Waals surface area contributed by atoms with E-state index in [2.05, 4.69) is 10.4 Å². The molecule has 0 aliphatic rings. The zero-order valence-electron chi connectivity index (χ0n) is 15.1. The Labute approximate surface area is 167 Å². The van der Waals surface area contributed by atoms with E-state index in [9.17, 15) is 0 Å². The van der Waals surface area contributed by atoms with Crippen LogP contribution < -0.4 is 5.32 Å². The summed E-state index contributed by atoms with van der Waals surface area (Å²) in [7, 11) is 0. The van der Waals surface area contributed by atoms with Crippen LogP contribution in [0.2, 0.25) is 10.0 Å². The zero-order chi connectivity index (χ0) is 19.1. The molecule has 0 aliphatic heterocycles. The summed E-state index contributed by atoms with van der Waals surface area (Å²) in [6.07, 6.45) is 0. The molecular weight excluding hydrogens is 381 g/mol. The molecule has 2 heterocycles. The van der Waals surface area contributed by atoms with Gasteiger partial charge in [-0.1, -0.05) is 35.3 Å². The van der Waals surface area contributed by atoms with Crippen LogP contribution in [0.25, 0.3) is 16.9 Å². The molecule has 0 aliphatic carbocycles. The van der Waals surface area contributed by atoms with Gasteiger partial charge in [-0.15, -0.1) is 0 Å². The number of aromatic nitrogens is 4. The molecule has 7 heteroatoms. The van der Waals surface area contributed by atoms with E-state index in [1.54, 1.807) is 16.8 Å². The number of fused-ring (bicyclic) bond motifs is 1. The van der Waals surface area contributed by atoms with Crippen molar-refractivity contribution in [2.75, 3.05) is 5.32 Å². The van der Waals surface area contributed by atoms with Crippen LogP contribution in [0.1, 0.15) is 17.0 Å². The average molecular weight is 398 g/mol. The van der Waals surface area contributed by atoms with Crippen LogP contribution in [0.4, 0.5) is 11.5 Å². The Bertz CT molecular complexity index is 1170. The van der Waals surface area contributed by atoms with Gasteiger partial charge in [-0.25, -0.2) is 14.6 Å². The number of halogens is 2. The van der Waals surface area contributed by atoms with E-state index in [0.29, 0.717) is 32.7 Å². The van der Waals surface area contributed by atoms with Gasteiger partial charge in [-0.2, -0.15) is 5.10 Å². The summed E-state index contributed by atoms with van der Waals surface area (Å²) in [5.41, 5.74) is 5.26. The molecule has 0 fully saturated rings. The predicted octanol–water partition coefficient (Wildman–Crippen LogP) is 5.79. The van der Waals surface area contributed by atoms with Crippen LogP contribution in [-0.2, 0) is 0 Å². The average Bonchev–Trinajstić information content (AvgIpc) is 2.94. The molecule has 0 atom stereocenters. The zero-order valence-corrected chi connectivity index (χ0v) is 16.6. The Hall–Kier alpha value is -2.63. The van der Waals surface area contributed by atoms with E-state index in [-0.39, 0.29) is 0 Å². The topological polar surface area (TPSA) is 55.6 Å². The lowest BCUT2D eigenvalue weighted by molar-refractivity contribution is 0.808. The van der Waals surface area contributed by atoms with Gasteiger partial charge < -0.3 is 5.32 Å². The normalized spacial score (nSPS) is 11.1. The van der Waals surface area contributed by atoms with Crippen LogP contribution in [0.5, 0.6) is 0 Å². The summed E-state index contributed by atoms with van der Waals surface area (Å²) < 4.78 is 1.78. The fourth-order valence-electron chi connectivity index (χ4n) is 2.98. The third kappa shape index (κ3) is 3.48. The Balaban J connectivity index is 1.94. The van der Waals surface area contributed by atoms with Gasteiger partial charge in [-0.3, -0.25) is 0 Å². The second-order valence-corrected chi connectivity index (χ2v) is 7.30. The van der Waals surface area contributed by atoms with E-state index in [4.69, 9.17) is 33.2 Å². The van der Waals surface area contributed by atoms with Gasteiger partial charge in [0.05, 0.1) is 26.8 Å². The molecule has 5 nitrogen and oxygen atoms in total. The van der Waals surface area contributed by atoms with Crippen LogP contribution in [0.3, 0.4) is 0 Å². The fraction of sp³-hybridized carbons (Fsp3) is 0.150. The van der Waals surface area contributed by atoms with Crippen molar-refractivity contribution in [3.05, 3.63) is 69.5 Å². The molecule has 27 heavy (non-hydrogen) atoms. The molecule has 4 aromatic rings. The first-order valence-corrected chi connectivity index (χ1v) is 9.20. The summed E-state index contributed by atoms with van der Waals surface area (Å²) in [6.45, 7) is 5.97. The smallest absolute Gasteiger partial charge is 0.197 e. The second-order valence-electron chi connectivity index (χ2n) is 6.48. The third-order valence-corrected chi connectivity index (χ3v) is 4.90. The Morgan fingerprint density at radius 1 is 0.889 bits per heavy atom. The summed E-state index contributed by atoms with van der Waals surface area (Å²) in [5, 5.41) is 8.81. The van der Waals surface area contributed by atoms with E-state index in [0.717, 1.165) is 22.6 Å². The predicted molar refractivity (Wildman–Crippen MR) is 111 cm³/mol. The first-order valence-electron chi connectivity index (χ1n) is 8.45. The van der Waals surface area contributed by atoms with Crippen LogP contribution in [0, 0.1) is 20.8 Å². The second kappa shape index (κ2) is 6.83. The number of hydrogen-bond donors (Lipinski definition) is 1. The van der Waals surface area contributed by atoms with Gasteiger partial charge in [0.1, 0.15) is 0 Å². The standard InChI is InChI=1S/C20H17Cl2N5/c1-11-5-4-6-14(7-11)23-19-20(27-13(3)8-12(2)26-27)25-18-10-16(22)15(21)9-17(18)24-19/h4-10H,1-3H3,(H,23,24). The van der Waals surface area contributed by atoms with Gasteiger partial charge in [-0.05, 0) is 56.7 Å². The number of nitrogens with zero attached hydrogens (tertiary/aromatic N) is 4. The molecule has 0 saturated heterocycles. The third-order valence-electron chi connectivity index (χ3n) is 4.18. The maximum absolute atomic E-state index is 6.17. The van der Waals surface area contributed by atoms with E-state index in [1.165, 1.54) is 0 Å². The lowest BCUT2D eigenvalue weighted by Crippen LogP contribution is -2.08. The highest BCUT2D eigenvalue weighted by molar-refractivity contribution is 6.42. The maximum Gasteiger partial charge on any atom is 0.197 e. The molecule has 0 radical (unpaired) electrons. The van der Waals surface area contributed by atoms with Gasteiger partial charge >= 0.3 is 0 Å². The van der Waals surface area contributed by atoms with E-state index >= 15 is 0 Å². The van der Waals surface area contributed by atoms with Crippen molar-refractivity contribution in [2.24, 2.45) is 0 Å². The Morgan fingerprint density at radius 3 is 2.22 bits per heavy atom. The van der Waals surface area contributed by atoms with Gasteiger partial charge in [0.25, 0.3) is 0 Å². The molecule has 0 bridgehead atoms. The van der Waals surface area contributed by atoms with Crippen LogP contribution >= 0.6 is 23.2 Å². The van der Waals surface area contributed by atoms with Gasteiger partial charge in [0.15, 0.2) is 11.6 Å². The molecule has 0 spiro atoms. The van der Waals surface area contributed by atoms with Crippen molar-refractivity contribution in [1.82, 2.24) is 19.7 Å². The SMILES string of the molecule is Cc1cccc(Nc2nc3cc(Cl)c(Cl)cc3nc2-n2nc(C)cc2C)c1. The number of hydrogen-bond acceptors (Lipinski definition) is 4. The monoisotopic (exact) mass is 397 g/mol. The molecule has 0 saturated carbocycles. The van der Waals surface area contributed by atoms with Crippen molar-refractivity contribution < 1.29 is 0 Å². The summed E-state index contributed by atoms with van der Waals surface area (Å²) in [6, 6.07) is 13.5. The van der Waals surface area contributed by atoms with Crippen molar-refractivity contribution in [2.45, 2.75) is 20.8 Å². The van der Waals surface area contributed by atoms with Crippen molar-refractivity contribution in [3.63, 3.8) is 0 Å². The largest absolute Gasteiger partial charge is 0.337 e. The number of benzene rings is 2. The van der Waals surface area contributed by atoms with Crippen molar-refractivity contribution in [1.29, 1.82) is 0 Å². The first kappa shape index (κ1) is 17.8. The molecular formula is C20H17Cl2N5. The highest BCUT2D eigenvalue weighted by atomic mass is 35.5. The molecule has 136 valence electrons. The Kier molecular flexibility index (Phi) is 4.50. The minimum absolute atomic E-state index is 0.442. The molecule has 0 amide bonds. The first-order chi connectivity index (χ1) is 12.9. The highest BCUT2D eigenvalue weighted by Crippen LogP contribution is 2.30. The molecule has 1 N–H and O–H groups in total. The minimum Gasteiger partial charge on any atom is -0.337 e. The lowest BCUT2D eigenvalue weighted by Gasteiger charge is -2.14. The maximum atomic E-state index is 6.17. The number of nitrogens with one attached hydrogen (secondary N) is 1. The summed E-state index contributed by atoms with van der Waals surface area (Å²) in [4.78, 5) is 9.52. The Morgan fingerprint density at radius 2 is 1.59 bits per heavy atom. The molecule has 0 unspecified atom stereocenters. The van der Waals surface area contributed by atoms with Gasteiger partial charge in [0, 0.05) is 11.4 Å². The quantitative estimate of drug-likeness (QED) is 0.475. The summed E-state index contributed by atoms with van der Waals surface area (Å²) in [5.74, 6) is 1.20. The van der Waals surface area contributed by atoms with Crippen LogP contribution in [-0.4, -0.2) is 19.7 Å². The molecule has 2 aromatic heterocycles. The summed E-state index contributed by atoms with van der Waals surface area (Å²) >= 11 is 12.3. The number of anilines is 2.